The topological polar surface area (TPSA) is 105 Å². The number of thiazole rings is 1. The fraction of sp³-hybridized carbons (Fsp3) is 0.0833. The Bertz CT molecular complexity index is 672. The van der Waals surface area contributed by atoms with Crippen LogP contribution >= 0.6 is 27.3 Å². The van der Waals surface area contributed by atoms with Crippen LogP contribution in [0.25, 0.3) is 0 Å². The predicted molar refractivity (Wildman–Crippen MR) is 78.8 cm³/mol. The third-order valence-corrected chi connectivity index (χ3v) is 3.77. The zero-order valence-corrected chi connectivity index (χ0v) is 12.5. The molecule has 0 saturated heterocycles. The number of benzene rings is 1. The molecule has 6 nitrogen and oxygen atoms in total. The monoisotopic (exact) mass is 355 g/mol. The Morgan fingerprint density at radius 2 is 2.20 bits per heavy atom. The van der Waals surface area contributed by atoms with Crippen LogP contribution in [0.5, 0.6) is 0 Å². The van der Waals surface area contributed by atoms with Gasteiger partial charge in [-0.3, -0.25) is 4.79 Å². The molecule has 1 amide bonds. The van der Waals surface area contributed by atoms with Crippen LogP contribution in [-0.4, -0.2) is 22.0 Å². The fourth-order valence-corrected chi connectivity index (χ4v) is 2.57. The van der Waals surface area contributed by atoms with Crippen LogP contribution in [0.1, 0.15) is 25.9 Å². The van der Waals surface area contributed by atoms with Crippen molar-refractivity contribution < 1.29 is 14.7 Å². The molecule has 0 fully saturated rings. The molecular formula is C12H10BrN3O3S. The number of nitrogens with zero attached hydrogens (tertiary/aromatic N) is 1. The molecule has 8 heteroatoms. The third-order valence-electron chi connectivity index (χ3n) is 2.43. The molecule has 2 aromatic rings. The Balaban J connectivity index is 2.02. The number of carbonyl (C=O) groups excluding carboxylic acids is 1. The van der Waals surface area contributed by atoms with Gasteiger partial charge in [0.2, 0.25) is 0 Å². The Morgan fingerprint density at radius 1 is 1.45 bits per heavy atom. The minimum Gasteiger partial charge on any atom is -0.476 e. The highest BCUT2D eigenvalue weighted by Crippen LogP contribution is 2.18. The molecule has 4 N–H and O–H groups in total. The highest BCUT2D eigenvalue weighted by Gasteiger charge is 2.12. The van der Waals surface area contributed by atoms with E-state index in [2.05, 4.69) is 26.2 Å². The van der Waals surface area contributed by atoms with Crippen molar-refractivity contribution in [2.75, 3.05) is 5.73 Å². The van der Waals surface area contributed by atoms with Gasteiger partial charge in [-0.05, 0) is 18.2 Å². The lowest BCUT2D eigenvalue weighted by Gasteiger charge is -2.06. The Kier molecular flexibility index (Phi) is 4.35. The van der Waals surface area contributed by atoms with Gasteiger partial charge in [-0.1, -0.05) is 15.9 Å². The molecule has 0 radical (unpaired) electrons. The number of nitrogens with one attached hydrogen (secondary N) is 1. The number of hydrogen-bond donors (Lipinski definition) is 3. The Morgan fingerprint density at radius 3 is 2.80 bits per heavy atom. The number of aromatic carboxylic acids is 1. The summed E-state index contributed by atoms with van der Waals surface area (Å²) >= 11 is 4.44. The van der Waals surface area contributed by atoms with Crippen LogP contribution in [-0.2, 0) is 6.54 Å². The maximum absolute atomic E-state index is 11.9. The van der Waals surface area contributed by atoms with E-state index in [4.69, 9.17) is 10.8 Å². The number of carboxylic acid groups (broad SMARTS) is 1. The van der Waals surface area contributed by atoms with Gasteiger partial charge >= 0.3 is 5.97 Å². The summed E-state index contributed by atoms with van der Waals surface area (Å²) in [6, 6.07) is 4.97. The van der Waals surface area contributed by atoms with Crippen molar-refractivity contribution in [3.05, 3.63) is 44.3 Å². The first-order chi connectivity index (χ1) is 9.47. The van der Waals surface area contributed by atoms with Gasteiger partial charge < -0.3 is 16.2 Å². The molecule has 0 spiro atoms. The molecule has 1 aromatic carbocycles. The van der Waals surface area contributed by atoms with E-state index in [9.17, 15) is 9.59 Å². The molecule has 104 valence electrons. The summed E-state index contributed by atoms with van der Waals surface area (Å²) in [6.45, 7) is 0.159. The number of carboxylic acids is 1. The summed E-state index contributed by atoms with van der Waals surface area (Å²) in [6.07, 6.45) is 0. The summed E-state index contributed by atoms with van der Waals surface area (Å²) in [7, 11) is 0. The molecule has 0 saturated carbocycles. The molecule has 0 aliphatic heterocycles. The predicted octanol–water partition coefficient (Wildman–Crippen LogP) is 2.12. The first-order valence-corrected chi connectivity index (χ1v) is 7.15. The lowest BCUT2D eigenvalue weighted by molar-refractivity contribution is 0.0691. The Labute approximate surface area is 126 Å². The second-order valence-corrected chi connectivity index (χ2v) is 5.70. The molecule has 0 bridgehead atoms. The van der Waals surface area contributed by atoms with Crippen molar-refractivity contribution in [3.8, 4) is 0 Å². The van der Waals surface area contributed by atoms with Gasteiger partial charge in [0.1, 0.15) is 5.01 Å². The highest BCUT2D eigenvalue weighted by molar-refractivity contribution is 9.10. The van der Waals surface area contributed by atoms with Crippen molar-refractivity contribution in [1.82, 2.24) is 10.3 Å². The van der Waals surface area contributed by atoms with Crippen LogP contribution in [0.2, 0.25) is 0 Å². The minimum atomic E-state index is -1.09. The third kappa shape index (κ3) is 3.34. The first-order valence-electron chi connectivity index (χ1n) is 5.48. The van der Waals surface area contributed by atoms with Gasteiger partial charge in [-0.15, -0.1) is 11.3 Å². The first kappa shape index (κ1) is 14.5. The summed E-state index contributed by atoms with van der Waals surface area (Å²) in [5, 5.41) is 13.3. The number of anilines is 1. The molecule has 1 heterocycles. The van der Waals surface area contributed by atoms with Gasteiger partial charge in [0.25, 0.3) is 5.91 Å². The number of nitrogen functional groups attached to an aromatic ring is 1. The average Bonchev–Trinajstić information content (AvgIpc) is 2.85. The van der Waals surface area contributed by atoms with Crippen molar-refractivity contribution in [1.29, 1.82) is 0 Å². The number of amides is 1. The number of rotatable bonds is 4. The molecule has 0 aliphatic carbocycles. The summed E-state index contributed by atoms with van der Waals surface area (Å²) in [5.74, 6) is -1.42. The summed E-state index contributed by atoms with van der Waals surface area (Å²) < 4.78 is 0.789. The number of aromatic nitrogens is 1. The van der Waals surface area contributed by atoms with E-state index in [-0.39, 0.29) is 18.1 Å². The van der Waals surface area contributed by atoms with Crippen molar-refractivity contribution in [3.63, 3.8) is 0 Å². The van der Waals surface area contributed by atoms with Gasteiger partial charge in [0, 0.05) is 15.5 Å². The van der Waals surface area contributed by atoms with E-state index in [0.717, 1.165) is 4.47 Å². The molecule has 1 aromatic heterocycles. The van der Waals surface area contributed by atoms with E-state index >= 15 is 0 Å². The second-order valence-electron chi connectivity index (χ2n) is 3.85. The SMILES string of the molecule is Nc1cc(Br)ccc1C(=O)NCc1nc(C(=O)O)cs1. The zero-order valence-electron chi connectivity index (χ0n) is 10.1. The van der Waals surface area contributed by atoms with Gasteiger partial charge in [-0.2, -0.15) is 0 Å². The van der Waals surface area contributed by atoms with E-state index < -0.39 is 5.97 Å². The normalized spacial score (nSPS) is 10.2. The number of hydrogen-bond acceptors (Lipinski definition) is 5. The number of carbonyl (C=O) groups is 2. The lowest BCUT2D eigenvalue weighted by Crippen LogP contribution is -2.23. The minimum absolute atomic E-state index is 0.0256. The number of nitrogens with two attached hydrogens (primary N) is 1. The second kappa shape index (κ2) is 6.02. The van der Waals surface area contributed by atoms with Crippen LogP contribution < -0.4 is 11.1 Å². The molecule has 0 atom stereocenters. The van der Waals surface area contributed by atoms with Gasteiger partial charge in [0.05, 0.1) is 12.1 Å². The van der Waals surface area contributed by atoms with Crippen LogP contribution in [0.15, 0.2) is 28.1 Å². The average molecular weight is 356 g/mol. The quantitative estimate of drug-likeness (QED) is 0.728. The van der Waals surface area contributed by atoms with Crippen molar-refractivity contribution >= 4 is 44.8 Å². The molecule has 2 rings (SSSR count). The fourth-order valence-electron chi connectivity index (χ4n) is 1.48. The van der Waals surface area contributed by atoms with Crippen LogP contribution in [0.4, 0.5) is 5.69 Å². The largest absolute Gasteiger partial charge is 0.476 e. The van der Waals surface area contributed by atoms with Gasteiger partial charge in [-0.25, -0.2) is 9.78 Å². The van der Waals surface area contributed by atoms with E-state index in [1.807, 2.05) is 0 Å². The molecule has 0 aliphatic rings. The van der Waals surface area contributed by atoms with E-state index in [1.165, 1.54) is 16.7 Å². The standard InChI is InChI=1S/C12H10BrN3O3S/c13-6-1-2-7(8(14)3-6)11(17)15-4-10-16-9(5-20-10)12(18)19/h1-3,5H,4,14H2,(H,15,17)(H,18,19). The van der Waals surface area contributed by atoms with E-state index in [1.54, 1.807) is 18.2 Å². The molecule has 20 heavy (non-hydrogen) atoms. The summed E-state index contributed by atoms with van der Waals surface area (Å²) in [5.41, 5.74) is 6.46. The Hall–Kier alpha value is -1.93. The molecule has 0 unspecified atom stereocenters. The smallest absolute Gasteiger partial charge is 0.355 e. The molecular weight excluding hydrogens is 346 g/mol. The maximum Gasteiger partial charge on any atom is 0.355 e. The maximum atomic E-state index is 11.9. The number of halogens is 1. The zero-order chi connectivity index (χ0) is 14.7. The van der Waals surface area contributed by atoms with Crippen LogP contribution in [0.3, 0.4) is 0 Å². The lowest BCUT2D eigenvalue weighted by atomic mass is 10.1. The van der Waals surface area contributed by atoms with Crippen LogP contribution in [0, 0.1) is 0 Å². The highest BCUT2D eigenvalue weighted by atomic mass is 79.9. The van der Waals surface area contributed by atoms with Gasteiger partial charge in [0.15, 0.2) is 5.69 Å². The summed E-state index contributed by atoms with van der Waals surface area (Å²) in [4.78, 5) is 26.5. The van der Waals surface area contributed by atoms with Crippen molar-refractivity contribution in [2.24, 2.45) is 0 Å². The van der Waals surface area contributed by atoms with Crippen molar-refractivity contribution in [2.45, 2.75) is 6.54 Å². The van der Waals surface area contributed by atoms with E-state index in [0.29, 0.717) is 16.3 Å².